The minimum Gasteiger partial charge on any atom is -0.462 e. The number of unbranched alkanes of at least 4 members (excludes halogenated alkanes) is 3. The Morgan fingerprint density at radius 1 is 0.714 bits per heavy atom. The molecule has 0 saturated heterocycles. The van der Waals surface area contributed by atoms with Crippen molar-refractivity contribution in [1.29, 1.82) is 0 Å². The minimum atomic E-state index is -0.234. The number of ether oxygens (including phenoxy) is 1. The molecule has 0 aromatic heterocycles. The molecule has 0 bridgehead atoms. The van der Waals surface area contributed by atoms with Crippen molar-refractivity contribution in [1.82, 2.24) is 0 Å². The van der Waals surface area contributed by atoms with E-state index in [-0.39, 0.29) is 16.9 Å². The zero-order valence-corrected chi connectivity index (χ0v) is 17.2. The van der Waals surface area contributed by atoms with Gasteiger partial charge < -0.3 is 4.74 Å². The average molecular weight is 392 g/mol. The third-order valence-corrected chi connectivity index (χ3v) is 6.75. The van der Waals surface area contributed by atoms with Crippen LogP contribution < -0.4 is 0 Å². The van der Waals surface area contributed by atoms with E-state index in [1.807, 2.05) is 24.3 Å². The largest absolute Gasteiger partial charge is 0.462 e. The minimum absolute atomic E-state index is 0.197. The average Bonchev–Trinajstić information content (AvgIpc) is 2.76. The second kappa shape index (κ2) is 10.7. The van der Waals surface area contributed by atoms with E-state index < -0.39 is 0 Å². The van der Waals surface area contributed by atoms with Gasteiger partial charge in [-0.2, -0.15) is 0 Å². The summed E-state index contributed by atoms with van der Waals surface area (Å²) in [5, 5.41) is 0. The van der Waals surface area contributed by atoms with Crippen LogP contribution in [0.2, 0.25) is 0 Å². The Balaban J connectivity index is 1.75. The van der Waals surface area contributed by atoms with E-state index in [2.05, 4.69) is 67.6 Å². The fourth-order valence-corrected chi connectivity index (χ4v) is 5.11. The van der Waals surface area contributed by atoms with Crippen molar-refractivity contribution < 1.29 is 9.53 Å². The van der Waals surface area contributed by atoms with Gasteiger partial charge in [0.1, 0.15) is 0 Å². The van der Waals surface area contributed by atoms with Crippen molar-refractivity contribution >= 4 is 16.9 Å². The van der Waals surface area contributed by atoms with E-state index >= 15 is 0 Å². The lowest BCUT2D eigenvalue weighted by molar-refractivity contribution is 0.0497. The zero-order chi connectivity index (χ0) is 19.6. The Kier molecular flexibility index (Phi) is 7.74. The van der Waals surface area contributed by atoms with Crippen molar-refractivity contribution in [3.8, 4) is 0 Å². The third-order valence-electron chi connectivity index (χ3n) is 4.51. The van der Waals surface area contributed by atoms with E-state index in [0.29, 0.717) is 12.2 Å². The second-order valence-electron chi connectivity index (χ2n) is 6.65. The van der Waals surface area contributed by atoms with Crippen LogP contribution in [0.5, 0.6) is 0 Å². The van der Waals surface area contributed by atoms with Crippen LogP contribution in [0.3, 0.4) is 0 Å². The Morgan fingerprint density at radius 2 is 1.25 bits per heavy atom. The lowest BCUT2D eigenvalue weighted by Crippen LogP contribution is -2.08. The monoisotopic (exact) mass is 391 g/mol. The summed E-state index contributed by atoms with van der Waals surface area (Å²) in [5.41, 5.74) is 0.615. The molecule has 28 heavy (non-hydrogen) atoms. The van der Waals surface area contributed by atoms with Crippen molar-refractivity contribution in [3.63, 3.8) is 0 Å². The van der Waals surface area contributed by atoms with Gasteiger partial charge >= 0.3 is 5.97 Å². The van der Waals surface area contributed by atoms with Gasteiger partial charge in [-0.3, -0.25) is 0 Å². The molecule has 3 rings (SSSR count). The predicted molar refractivity (Wildman–Crippen MR) is 116 cm³/mol. The fourth-order valence-electron chi connectivity index (χ4n) is 3.03. The Bertz CT molecular complexity index is 805. The molecule has 0 aliphatic rings. The van der Waals surface area contributed by atoms with Crippen LogP contribution in [-0.4, -0.2) is 12.6 Å². The molecule has 3 aromatic rings. The van der Waals surface area contributed by atoms with Crippen LogP contribution in [0.25, 0.3) is 0 Å². The van der Waals surface area contributed by atoms with Crippen molar-refractivity contribution in [2.75, 3.05) is 6.61 Å². The van der Waals surface area contributed by atoms with Gasteiger partial charge in [0, 0.05) is 0 Å². The first-order valence-electron chi connectivity index (χ1n) is 9.91. The lowest BCUT2D eigenvalue weighted by atomic mass is 10.2. The highest BCUT2D eigenvalue weighted by atomic mass is 32.2. The molecule has 3 heteroatoms. The van der Waals surface area contributed by atoms with Gasteiger partial charge in [0.05, 0.1) is 23.1 Å². The predicted octanol–water partition coefficient (Wildman–Crippen LogP) is 6.52. The fraction of sp³-hybridized carbons (Fsp3) is 0.240. The molecule has 0 amide bonds. The van der Waals surface area contributed by atoms with E-state index in [1.54, 1.807) is 0 Å². The number of rotatable bonds is 9. The van der Waals surface area contributed by atoms with Gasteiger partial charge in [-0.05, 0) is 55.0 Å². The normalized spacial score (nSPS) is 10.8. The summed E-state index contributed by atoms with van der Waals surface area (Å²) in [6.07, 6.45) is 4.41. The summed E-state index contributed by atoms with van der Waals surface area (Å²) in [7, 11) is -0.197. The maximum absolute atomic E-state index is 12.3. The molecule has 0 radical (unpaired) electrons. The first-order valence-corrected chi connectivity index (χ1v) is 11.1. The van der Waals surface area contributed by atoms with Crippen molar-refractivity contribution in [2.24, 2.45) is 0 Å². The molecular formula is C25H27O2S+. The van der Waals surface area contributed by atoms with E-state index in [1.165, 1.54) is 27.5 Å². The molecule has 0 N–H and O–H groups in total. The van der Waals surface area contributed by atoms with Gasteiger partial charge in [-0.1, -0.05) is 62.6 Å². The number of hydrogen-bond donors (Lipinski definition) is 0. The maximum Gasteiger partial charge on any atom is 0.338 e. The van der Waals surface area contributed by atoms with Gasteiger partial charge in [-0.25, -0.2) is 4.79 Å². The van der Waals surface area contributed by atoms with Crippen LogP contribution in [0, 0.1) is 0 Å². The molecular weight excluding hydrogens is 364 g/mol. The van der Waals surface area contributed by atoms with E-state index in [0.717, 1.165) is 12.8 Å². The molecule has 0 aliphatic carbocycles. The van der Waals surface area contributed by atoms with E-state index in [9.17, 15) is 4.79 Å². The Hall–Kier alpha value is -2.52. The summed E-state index contributed by atoms with van der Waals surface area (Å²) >= 11 is 0. The summed E-state index contributed by atoms with van der Waals surface area (Å²) in [6, 6.07) is 28.9. The van der Waals surface area contributed by atoms with Crippen LogP contribution in [0.15, 0.2) is 99.6 Å². The molecule has 0 atom stereocenters. The third kappa shape index (κ3) is 5.49. The lowest BCUT2D eigenvalue weighted by Gasteiger charge is -2.09. The topological polar surface area (TPSA) is 26.3 Å². The van der Waals surface area contributed by atoms with Gasteiger partial charge in [0.2, 0.25) is 0 Å². The first kappa shape index (κ1) is 20.2. The van der Waals surface area contributed by atoms with Crippen LogP contribution in [0.1, 0.15) is 43.0 Å². The number of hydrogen-bond acceptors (Lipinski definition) is 2. The van der Waals surface area contributed by atoms with E-state index in [4.69, 9.17) is 4.74 Å². The number of esters is 1. The van der Waals surface area contributed by atoms with Crippen LogP contribution >= 0.6 is 0 Å². The van der Waals surface area contributed by atoms with Crippen LogP contribution in [0.4, 0.5) is 0 Å². The highest BCUT2D eigenvalue weighted by molar-refractivity contribution is 7.97. The summed E-state index contributed by atoms with van der Waals surface area (Å²) < 4.78 is 5.41. The molecule has 0 fully saturated rings. The van der Waals surface area contributed by atoms with Crippen molar-refractivity contribution in [3.05, 3.63) is 90.5 Å². The molecule has 3 aromatic carbocycles. The van der Waals surface area contributed by atoms with Crippen LogP contribution in [-0.2, 0) is 15.6 Å². The van der Waals surface area contributed by atoms with Gasteiger partial charge in [0.25, 0.3) is 0 Å². The second-order valence-corrected chi connectivity index (χ2v) is 8.68. The summed E-state index contributed by atoms with van der Waals surface area (Å²) in [5.74, 6) is -0.234. The number of benzene rings is 3. The smallest absolute Gasteiger partial charge is 0.338 e. The molecule has 144 valence electrons. The molecule has 0 unspecified atom stereocenters. The molecule has 0 aliphatic heterocycles. The quantitative estimate of drug-likeness (QED) is 0.236. The first-order chi connectivity index (χ1) is 13.8. The number of carbonyl (C=O) groups is 1. The molecule has 0 spiro atoms. The Morgan fingerprint density at radius 3 is 1.79 bits per heavy atom. The standard InChI is InChI=1S/C25H27O2S/c1-2-3-4-11-20-27-25(26)21-16-18-24(19-17-21)28(22-12-7-5-8-13-22)23-14-9-6-10-15-23/h5-10,12-19H,2-4,11,20H2,1H3/q+1. The molecule has 2 nitrogen and oxygen atoms in total. The Labute approximate surface area is 170 Å². The summed E-state index contributed by atoms with van der Waals surface area (Å²) in [4.78, 5) is 16.0. The highest BCUT2D eigenvalue weighted by Crippen LogP contribution is 2.31. The molecule has 0 saturated carbocycles. The van der Waals surface area contributed by atoms with Gasteiger partial charge in [-0.15, -0.1) is 0 Å². The van der Waals surface area contributed by atoms with Gasteiger partial charge in [0.15, 0.2) is 14.7 Å². The van der Waals surface area contributed by atoms with Crippen molar-refractivity contribution in [2.45, 2.75) is 47.3 Å². The summed E-state index contributed by atoms with van der Waals surface area (Å²) in [6.45, 7) is 2.67. The SMILES string of the molecule is CCCCCCOC(=O)c1ccc([S+](c2ccccc2)c2ccccc2)cc1. The highest BCUT2D eigenvalue weighted by Gasteiger charge is 2.28. The maximum atomic E-state index is 12.3. The number of carbonyl (C=O) groups excluding carboxylic acids is 1. The molecule has 0 heterocycles. The zero-order valence-electron chi connectivity index (χ0n) is 16.3.